The van der Waals surface area contributed by atoms with Crippen LogP contribution in [-0.4, -0.2) is 12.6 Å². The molecule has 12 aromatic rings. The molecular formula is C64H46N2Si. The molecule has 0 N–H and O–H groups in total. The average Bonchev–Trinajstić information content (AvgIpc) is 3.76. The van der Waals surface area contributed by atoms with Crippen LogP contribution in [0.4, 0.5) is 17.1 Å². The predicted molar refractivity (Wildman–Crippen MR) is 287 cm³/mol. The van der Waals surface area contributed by atoms with E-state index >= 15 is 0 Å². The molecule has 0 saturated heterocycles. The highest BCUT2D eigenvalue weighted by atomic mass is 28.3. The Morgan fingerprint density at radius 3 is 1.28 bits per heavy atom. The molecular weight excluding hydrogens is 825 g/mol. The Kier molecular flexibility index (Phi) is 10.2. The molecule has 67 heavy (non-hydrogen) atoms. The second-order valence-corrected chi connectivity index (χ2v) is 21.1. The molecule has 0 aliphatic carbocycles. The fraction of sp³-hybridized carbons (Fsp3) is 0. The van der Waals surface area contributed by atoms with E-state index in [2.05, 4.69) is 289 Å². The second kappa shape index (κ2) is 17.1. The second-order valence-electron chi connectivity index (χ2n) is 17.2. The zero-order valence-corrected chi connectivity index (χ0v) is 38.0. The summed E-state index contributed by atoms with van der Waals surface area (Å²) in [4.78, 5) is 2.47. The maximum absolute atomic E-state index is 2.75. The lowest BCUT2D eigenvalue weighted by atomic mass is 9.91. The SMILES string of the molecule is c1ccc(-c2cc3ccccc3cc2-c2ccc(N(c3ccc([Si](c4ccccc4)(c4ccccc4)c4ccccc4)cc3)c3cccc4c3c3ccccc3n4-c3ccccc3)cc2)cc1. The van der Waals surface area contributed by atoms with Gasteiger partial charge in [-0.2, -0.15) is 0 Å². The highest BCUT2D eigenvalue weighted by Crippen LogP contribution is 2.45. The van der Waals surface area contributed by atoms with Crippen molar-refractivity contribution in [2.24, 2.45) is 0 Å². The molecule has 1 aromatic heterocycles. The molecule has 0 amide bonds. The molecule has 1 heterocycles. The Hall–Kier alpha value is -8.50. The topological polar surface area (TPSA) is 8.17 Å². The zero-order chi connectivity index (χ0) is 44.6. The number of nitrogens with zero attached hydrogens (tertiary/aromatic N) is 2. The molecule has 316 valence electrons. The predicted octanol–water partition coefficient (Wildman–Crippen LogP) is 14.1. The molecule has 0 fully saturated rings. The van der Waals surface area contributed by atoms with Gasteiger partial charge < -0.3 is 9.47 Å². The van der Waals surface area contributed by atoms with Crippen LogP contribution < -0.4 is 25.6 Å². The van der Waals surface area contributed by atoms with Crippen molar-refractivity contribution in [2.45, 2.75) is 0 Å². The van der Waals surface area contributed by atoms with Crippen molar-refractivity contribution in [2.75, 3.05) is 4.90 Å². The molecule has 0 radical (unpaired) electrons. The molecule has 0 aliphatic rings. The summed E-state index contributed by atoms with van der Waals surface area (Å²) >= 11 is 0. The molecule has 0 atom stereocenters. The smallest absolute Gasteiger partial charge is 0.179 e. The number of hydrogen-bond acceptors (Lipinski definition) is 1. The summed E-state index contributed by atoms with van der Waals surface area (Å²) in [6.07, 6.45) is 0. The van der Waals surface area contributed by atoms with Crippen LogP contribution in [0.25, 0.3) is 60.5 Å². The van der Waals surface area contributed by atoms with Gasteiger partial charge in [-0.1, -0.05) is 212 Å². The van der Waals surface area contributed by atoms with E-state index in [0.29, 0.717) is 0 Å². The third kappa shape index (κ3) is 6.96. The number of anilines is 3. The Bertz CT molecular complexity index is 3550. The standard InChI is InChI=1S/C64H46N2Si/c1-6-21-47(22-7-1)59-45-49-23-16-17-24-50(49)46-60(59)48-37-39-52(40-38-48)65(62-35-20-36-63-64(62)58-33-18-19-34-61(58)66(63)51-25-8-2-9-26-51)53-41-43-57(44-42-53)67(54-27-10-3-11-28-54,55-29-12-4-13-30-55)56-31-14-5-15-32-56/h1-46H. The normalized spacial score (nSPS) is 11.6. The minimum absolute atomic E-state index is 1.08. The average molecular weight is 871 g/mol. The summed E-state index contributed by atoms with van der Waals surface area (Å²) in [6.45, 7) is 0. The van der Waals surface area contributed by atoms with Crippen molar-refractivity contribution < 1.29 is 0 Å². The number of benzene rings is 11. The van der Waals surface area contributed by atoms with E-state index < -0.39 is 8.07 Å². The van der Waals surface area contributed by atoms with Gasteiger partial charge in [0.05, 0.1) is 16.7 Å². The van der Waals surface area contributed by atoms with Gasteiger partial charge in [0.1, 0.15) is 0 Å². The molecule has 0 spiro atoms. The molecule has 11 aromatic carbocycles. The number of para-hydroxylation sites is 2. The Labute approximate surface area is 392 Å². The minimum Gasteiger partial charge on any atom is -0.310 e. The van der Waals surface area contributed by atoms with Gasteiger partial charge in [0.15, 0.2) is 8.07 Å². The summed E-state index contributed by atoms with van der Waals surface area (Å²) < 4.78 is 2.41. The van der Waals surface area contributed by atoms with E-state index in [1.807, 2.05) is 0 Å². The summed E-state index contributed by atoms with van der Waals surface area (Å²) in [5.41, 5.74) is 11.6. The van der Waals surface area contributed by atoms with Crippen molar-refractivity contribution in [1.82, 2.24) is 4.57 Å². The fourth-order valence-electron chi connectivity index (χ4n) is 10.5. The lowest BCUT2D eigenvalue weighted by molar-refractivity contribution is 1.18. The van der Waals surface area contributed by atoms with Gasteiger partial charge in [-0.05, 0) is 121 Å². The van der Waals surface area contributed by atoms with Gasteiger partial charge in [0.2, 0.25) is 0 Å². The van der Waals surface area contributed by atoms with E-state index in [-0.39, 0.29) is 0 Å². The monoisotopic (exact) mass is 870 g/mol. The largest absolute Gasteiger partial charge is 0.310 e. The van der Waals surface area contributed by atoms with Crippen LogP contribution in [0.5, 0.6) is 0 Å². The molecule has 0 aliphatic heterocycles. The Morgan fingerprint density at radius 1 is 0.313 bits per heavy atom. The van der Waals surface area contributed by atoms with Crippen LogP contribution in [-0.2, 0) is 0 Å². The van der Waals surface area contributed by atoms with Crippen molar-refractivity contribution >= 4 is 78.5 Å². The van der Waals surface area contributed by atoms with E-state index in [4.69, 9.17) is 0 Å². The zero-order valence-electron chi connectivity index (χ0n) is 37.0. The first kappa shape index (κ1) is 40.0. The minimum atomic E-state index is -2.75. The van der Waals surface area contributed by atoms with Gasteiger partial charge in [-0.15, -0.1) is 0 Å². The van der Waals surface area contributed by atoms with Crippen LogP contribution in [0.15, 0.2) is 279 Å². The molecule has 0 unspecified atom stereocenters. The van der Waals surface area contributed by atoms with E-state index in [0.717, 1.165) is 28.3 Å². The molecule has 12 rings (SSSR count). The third-order valence-electron chi connectivity index (χ3n) is 13.5. The lowest BCUT2D eigenvalue weighted by Crippen LogP contribution is -2.74. The van der Waals surface area contributed by atoms with Crippen LogP contribution >= 0.6 is 0 Å². The summed E-state index contributed by atoms with van der Waals surface area (Å²) in [5, 5.41) is 10.3. The summed E-state index contributed by atoms with van der Waals surface area (Å²) in [7, 11) is -2.75. The van der Waals surface area contributed by atoms with Gasteiger partial charge in [-0.3, -0.25) is 0 Å². The number of rotatable bonds is 10. The number of hydrogen-bond donors (Lipinski definition) is 0. The molecule has 3 heteroatoms. The molecule has 0 saturated carbocycles. The summed E-state index contributed by atoms with van der Waals surface area (Å²) in [5.74, 6) is 0. The maximum Gasteiger partial charge on any atom is 0.179 e. The van der Waals surface area contributed by atoms with Gasteiger partial charge in [-0.25, -0.2) is 0 Å². The van der Waals surface area contributed by atoms with Crippen molar-refractivity contribution in [3.05, 3.63) is 279 Å². The maximum atomic E-state index is 2.47. The number of aromatic nitrogens is 1. The molecule has 0 bridgehead atoms. The van der Waals surface area contributed by atoms with Gasteiger partial charge >= 0.3 is 0 Å². The van der Waals surface area contributed by atoms with Crippen molar-refractivity contribution in [3.63, 3.8) is 0 Å². The molecule has 2 nitrogen and oxygen atoms in total. The first-order valence-corrected chi connectivity index (χ1v) is 25.1. The first-order chi connectivity index (χ1) is 33.3. The Morgan fingerprint density at radius 2 is 0.731 bits per heavy atom. The van der Waals surface area contributed by atoms with Gasteiger partial charge in [0, 0.05) is 27.8 Å². The van der Waals surface area contributed by atoms with Crippen LogP contribution in [0.2, 0.25) is 0 Å². The fourth-order valence-corrected chi connectivity index (χ4v) is 15.3. The van der Waals surface area contributed by atoms with Crippen LogP contribution in [0, 0.1) is 0 Å². The van der Waals surface area contributed by atoms with E-state index in [9.17, 15) is 0 Å². The van der Waals surface area contributed by atoms with Crippen LogP contribution in [0.1, 0.15) is 0 Å². The third-order valence-corrected chi connectivity index (χ3v) is 18.3. The lowest BCUT2D eigenvalue weighted by Gasteiger charge is -2.35. The first-order valence-electron chi connectivity index (χ1n) is 23.1. The van der Waals surface area contributed by atoms with Crippen LogP contribution in [0.3, 0.4) is 0 Å². The van der Waals surface area contributed by atoms with Crippen molar-refractivity contribution in [1.29, 1.82) is 0 Å². The van der Waals surface area contributed by atoms with Crippen molar-refractivity contribution in [3.8, 4) is 27.9 Å². The van der Waals surface area contributed by atoms with Gasteiger partial charge in [0.25, 0.3) is 0 Å². The quantitative estimate of drug-likeness (QED) is 0.0982. The number of fused-ring (bicyclic) bond motifs is 4. The summed E-state index contributed by atoms with van der Waals surface area (Å²) in [6, 6.07) is 103. The van der Waals surface area contributed by atoms with E-state index in [1.54, 1.807) is 0 Å². The highest BCUT2D eigenvalue weighted by Gasteiger charge is 2.41. The highest BCUT2D eigenvalue weighted by molar-refractivity contribution is 7.19. The van der Waals surface area contributed by atoms with E-state index in [1.165, 1.54) is 70.1 Å². The Balaban J connectivity index is 1.08.